The lowest BCUT2D eigenvalue weighted by molar-refractivity contribution is -0.118. The monoisotopic (exact) mass is 307 g/mol. The Kier molecular flexibility index (Phi) is 4.36. The van der Waals surface area contributed by atoms with Gasteiger partial charge in [0.25, 0.3) is 0 Å². The summed E-state index contributed by atoms with van der Waals surface area (Å²) >= 11 is 5.89. The van der Waals surface area contributed by atoms with Gasteiger partial charge in [0, 0.05) is 11.7 Å². The number of anilines is 2. The van der Waals surface area contributed by atoms with Crippen molar-refractivity contribution in [3.05, 3.63) is 23.2 Å². The fourth-order valence-corrected chi connectivity index (χ4v) is 3.88. The Morgan fingerprint density at radius 3 is 2.95 bits per heavy atom. The van der Waals surface area contributed by atoms with E-state index in [2.05, 4.69) is 10.2 Å². The van der Waals surface area contributed by atoms with Gasteiger partial charge in [0.2, 0.25) is 5.91 Å². The molecule has 0 aromatic heterocycles. The van der Waals surface area contributed by atoms with Crippen molar-refractivity contribution in [2.45, 2.75) is 38.1 Å². The van der Waals surface area contributed by atoms with Gasteiger partial charge in [0.15, 0.2) is 0 Å². The molecule has 21 heavy (non-hydrogen) atoms. The summed E-state index contributed by atoms with van der Waals surface area (Å²) in [6.07, 6.45) is 6.42. The molecule has 0 radical (unpaired) electrons. The van der Waals surface area contributed by atoms with Crippen molar-refractivity contribution < 1.29 is 4.79 Å². The van der Waals surface area contributed by atoms with Crippen LogP contribution in [0.15, 0.2) is 18.2 Å². The summed E-state index contributed by atoms with van der Waals surface area (Å²) in [5, 5.41) is 3.43. The van der Waals surface area contributed by atoms with Crippen LogP contribution in [0.3, 0.4) is 0 Å². The van der Waals surface area contributed by atoms with E-state index in [4.69, 9.17) is 17.3 Å². The first-order valence-electron chi connectivity index (χ1n) is 7.72. The number of piperidine rings is 1. The fourth-order valence-electron chi connectivity index (χ4n) is 3.76. The SMILES string of the molecule is Nc1cc(NC(=O)CN2CCCC3CCCC32)ccc1Cl. The molecule has 1 heterocycles. The van der Waals surface area contributed by atoms with Gasteiger partial charge >= 0.3 is 0 Å². The van der Waals surface area contributed by atoms with Crippen LogP contribution < -0.4 is 11.1 Å². The highest BCUT2D eigenvalue weighted by molar-refractivity contribution is 6.33. The van der Waals surface area contributed by atoms with Crippen LogP contribution in [0.1, 0.15) is 32.1 Å². The number of fused-ring (bicyclic) bond motifs is 1. The van der Waals surface area contributed by atoms with Crippen LogP contribution in [-0.2, 0) is 4.79 Å². The highest BCUT2D eigenvalue weighted by Gasteiger charge is 2.35. The molecule has 114 valence electrons. The molecule has 5 heteroatoms. The first-order chi connectivity index (χ1) is 10.1. The van der Waals surface area contributed by atoms with Crippen LogP contribution in [0.25, 0.3) is 0 Å². The van der Waals surface area contributed by atoms with Crippen LogP contribution >= 0.6 is 11.6 Å². The third-order valence-electron chi connectivity index (χ3n) is 4.73. The van der Waals surface area contributed by atoms with Crippen LogP contribution in [-0.4, -0.2) is 29.9 Å². The molecular formula is C16H22ClN3O. The zero-order valence-corrected chi connectivity index (χ0v) is 12.9. The fraction of sp³-hybridized carbons (Fsp3) is 0.562. The second-order valence-electron chi connectivity index (χ2n) is 6.16. The minimum absolute atomic E-state index is 0.0317. The predicted molar refractivity (Wildman–Crippen MR) is 86.4 cm³/mol. The van der Waals surface area contributed by atoms with Gasteiger partial charge in [-0.15, -0.1) is 0 Å². The van der Waals surface area contributed by atoms with Crippen LogP contribution in [0, 0.1) is 5.92 Å². The highest BCUT2D eigenvalue weighted by Crippen LogP contribution is 2.36. The largest absolute Gasteiger partial charge is 0.397 e. The smallest absolute Gasteiger partial charge is 0.238 e. The zero-order chi connectivity index (χ0) is 14.8. The van der Waals surface area contributed by atoms with E-state index in [1.807, 2.05) is 0 Å². The third kappa shape index (κ3) is 3.33. The first kappa shape index (κ1) is 14.7. The summed E-state index contributed by atoms with van der Waals surface area (Å²) in [5.74, 6) is 0.835. The van der Waals surface area contributed by atoms with Gasteiger partial charge in [-0.2, -0.15) is 0 Å². The molecule has 1 aliphatic carbocycles. The molecule has 1 saturated heterocycles. The van der Waals surface area contributed by atoms with E-state index in [1.165, 1.54) is 32.1 Å². The van der Waals surface area contributed by atoms with E-state index in [-0.39, 0.29) is 5.91 Å². The van der Waals surface area contributed by atoms with Gasteiger partial charge in [0.1, 0.15) is 0 Å². The third-order valence-corrected chi connectivity index (χ3v) is 5.08. The maximum absolute atomic E-state index is 12.2. The lowest BCUT2D eigenvalue weighted by Crippen LogP contribution is -2.46. The summed E-state index contributed by atoms with van der Waals surface area (Å²) in [4.78, 5) is 14.6. The van der Waals surface area contributed by atoms with Crippen LogP contribution in [0.4, 0.5) is 11.4 Å². The van der Waals surface area contributed by atoms with Crippen molar-refractivity contribution in [3.63, 3.8) is 0 Å². The van der Waals surface area contributed by atoms with Crippen molar-refractivity contribution in [2.24, 2.45) is 5.92 Å². The van der Waals surface area contributed by atoms with Gasteiger partial charge in [-0.1, -0.05) is 18.0 Å². The molecule has 2 unspecified atom stereocenters. The van der Waals surface area contributed by atoms with Crippen molar-refractivity contribution in [1.29, 1.82) is 0 Å². The molecule has 2 aliphatic rings. The Hall–Kier alpha value is -1.26. The van der Waals surface area contributed by atoms with E-state index in [0.717, 1.165) is 12.5 Å². The number of nitrogens with zero attached hydrogens (tertiary/aromatic N) is 1. The molecule has 1 aromatic carbocycles. The molecule has 0 spiro atoms. The summed E-state index contributed by atoms with van der Waals surface area (Å²) in [7, 11) is 0. The number of nitrogens with two attached hydrogens (primary N) is 1. The maximum atomic E-state index is 12.2. The Labute approximate surface area is 130 Å². The van der Waals surface area contributed by atoms with Crippen LogP contribution in [0.2, 0.25) is 5.02 Å². The molecule has 3 rings (SSSR count). The predicted octanol–water partition coefficient (Wildman–Crippen LogP) is 3.13. The number of halogens is 1. The number of hydrogen-bond donors (Lipinski definition) is 2. The van der Waals surface area contributed by atoms with Gasteiger partial charge in [-0.25, -0.2) is 0 Å². The van der Waals surface area contributed by atoms with E-state index < -0.39 is 0 Å². The molecule has 0 bridgehead atoms. The highest BCUT2D eigenvalue weighted by atomic mass is 35.5. The molecular weight excluding hydrogens is 286 g/mol. The molecule has 3 N–H and O–H groups in total. The Morgan fingerprint density at radius 2 is 2.14 bits per heavy atom. The minimum atomic E-state index is 0.0317. The normalized spacial score (nSPS) is 25.6. The summed E-state index contributed by atoms with van der Waals surface area (Å²) < 4.78 is 0. The molecule has 1 saturated carbocycles. The molecule has 1 aliphatic heterocycles. The summed E-state index contributed by atoms with van der Waals surface area (Å²) in [5.41, 5.74) is 6.96. The number of carbonyl (C=O) groups is 1. The second-order valence-corrected chi connectivity index (χ2v) is 6.56. The topological polar surface area (TPSA) is 58.4 Å². The lowest BCUT2D eigenvalue weighted by Gasteiger charge is -2.37. The van der Waals surface area contributed by atoms with Gasteiger partial charge in [-0.05, 0) is 56.3 Å². The summed E-state index contributed by atoms with van der Waals surface area (Å²) in [6, 6.07) is 5.81. The molecule has 2 fully saturated rings. The average molecular weight is 308 g/mol. The minimum Gasteiger partial charge on any atom is -0.397 e. The number of nitrogen functional groups attached to an aromatic ring is 1. The summed E-state index contributed by atoms with van der Waals surface area (Å²) in [6.45, 7) is 1.51. The lowest BCUT2D eigenvalue weighted by atomic mass is 9.92. The van der Waals surface area contributed by atoms with Gasteiger partial charge < -0.3 is 11.1 Å². The Bertz CT molecular complexity index is 534. The molecule has 2 atom stereocenters. The van der Waals surface area contributed by atoms with Crippen molar-refractivity contribution in [3.8, 4) is 0 Å². The molecule has 1 amide bonds. The van der Waals surface area contributed by atoms with Crippen molar-refractivity contribution >= 4 is 28.9 Å². The quantitative estimate of drug-likeness (QED) is 0.844. The van der Waals surface area contributed by atoms with Gasteiger partial charge in [-0.3, -0.25) is 9.69 Å². The maximum Gasteiger partial charge on any atom is 0.238 e. The van der Waals surface area contributed by atoms with Crippen LogP contribution in [0.5, 0.6) is 0 Å². The number of nitrogens with one attached hydrogen (secondary N) is 1. The van der Waals surface area contributed by atoms with Gasteiger partial charge in [0.05, 0.1) is 17.3 Å². The Balaban J connectivity index is 1.59. The van der Waals surface area contributed by atoms with E-state index in [0.29, 0.717) is 29.0 Å². The van der Waals surface area contributed by atoms with E-state index in [1.54, 1.807) is 18.2 Å². The van der Waals surface area contributed by atoms with Crippen molar-refractivity contribution in [1.82, 2.24) is 4.90 Å². The van der Waals surface area contributed by atoms with Crippen molar-refractivity contribution in [2.75, 3.05) is 24.1 Å². The average Bonchev–Trinajstić information content (AvgIpc) is 2.92. The number of rotatable bonds is 3. The molecule has 4 nitrogen and oxygen atoms in total. The Morgan fingerprint density at radius 1 is 1.33 bits per heavy atom. The molecule has 1 aromatic rings. The second kappa shape index (κ2) is 6.24. The van der Waals surface area contributed by atoms with E-state index >= 15 is 0 Å². The van der Waals surface area contributed by atoms with E-state index in [9.17, 15) is 4.79 Å². The number of likely N-dealkylation sites (tertiary alicyclic amines) is 1. The first-order valence-corrected chi connectivity index (χ1v) is 8.10. The number of amides is 1. The number of hydrogen-bond acceptors (Lipinski definition) is 3. The standard InChI is InChI=1S/C16H22ClN3O/c17-13-7-6-12(9-14(13)18)19-16(21)10-20-8-2-4-11-3-1-5-15(11)20/h6-7,9,11,15H,1-5,8,10,18H2,(H,19,21). The number of carbonyl (C=O) groups excluding carboxylic acids is 1. The number of benzene rings is 1. The zero-order valence-electron chi connectivity index (χ0n) is 12.1.